The minimum Gasteiger partial charge on any atom is -0.388 e. The standard InChI is InChI=1S/C12H20ClFN3O13P3/c1-11(2,28-32(23,24)30-33(25,26)29-31(20,21)22)8-7(18)12(13,5-14)9(27-8)17-4-3-6(15)16-10(17)19/h3-4,7-9,18H,5H2,1-2H3,(H,23,24)(H,25,26)(H2,15,16,19)(H2,20,21,22)/t7?,8-,9+,12+/m0/s1. The lowest BCUT2D eigenvalue weighted by Gasteiger charge is -2.34. The van der Waals surface area contributed by atoms with Crippen molar-refractivity contribution in [3.63, 3.8) is 0 Å². The molecule has 0 aliphatic carbocycles. The Hall–Kier alpha value is -0.770. The fourth-order valence-corrected chi connectivity index (χ4v) is 6.57. The van der Waals surface area contributed by atoms with E-state index in [0.717, 1.165) is 26.1 Å². The number of aliphatic hydroxyl groups excluding tert-OH is 1. The van der Waals surface area contributed by atoms with E-state index in [1.54, 1.807) is 0 Å². The van der Waals surface area contributed by atoms with Crippen LogP contribution in [0.1, 0.15) is 20.1 Å². The van der Waals surface area contributed by atoms with E-state index in [2.05, 4.69) is 13.6 Å². The Balaban J connectivity index is 2.34. The lowest BCUT2D eigenvalue weighted by atomic mass is 9.91. The maximum Gasteiger partial charge on any atom is 0.490 e. The van der Waals surface area contributed by atoms with Crippen LogP contribution in [-0.4, -0.2) is 63.6 Å². The zero-order valence-electron chi connectivity index (χ0n) is 16.7. The predicted molar refractivity (Wildman–Crippen MR) is 106 cm³/mol. The molecule has 33 heavy (non-hydrogen) atoms. The highest BCUT2D eigenvalue weighted by molar-refractivity contribution is 7.66. The maximum atomic E-state index is 13.9. The minimum absolute atomic E-state index is 0.181. The van der Waals surface area contributed by atoms with Gasteiger partial charge in [0.15, 0.2) is 6.23 Å². The number of nitrogens with zero attached hydrogens (tertiary/aromatic N) is 2. The topological polar surface area (TPSA) is 250 Å². The Bertz CT molecular complexity index is 1100. The van der Waals surface area contributed by atoms with Gasteiger partial charge in [0.25, 0.3) is 0 Å². The molecule has 7 N–H and O–H groups in total. The summed E-state index contributed by atoms with van der Waals surface area (Å²) in [6.07, 6.45) is -4.47. The van der Waals surface area contributed by atoms with E-state index in [-0.39, 0.29) is 5.82 Å². The lowest BCUT2D eigenvalue weighted by molar-refractivity contribution is -0.118. The number of hydrogen-bond acceptors (Lipinski definition) is 11. The summed E-state index contributed by atoms with van der Waals surface area (Å²) in [4.78, 5) is 49.5. The fraction of sp³-hybridized carbons (Fsp3) is 0.667. The number of phosphoric ester groups is 1. The van der Waals surface area contributed by atoms with Gasteiger partial charge in [-0.15, -0.1) is 11.6 Å². The molecule has 0 aromatic carbocycles. The van der Waals surface area contributed by atoms with Crippen LogP contribution in [0.15, 0.2) is 17.1 Å². The molecule has 0 radical (unpaired) electrons. The number of nitrogen functional groups attached to an aromatic ring is 1. The first kappa shape index (κ1) is 28.5. The van der Waals surface area contributed by atoms with Crippen LogP contribution in [0.5, 0.6) is 0 Å². The number of aliphatic hydroxyl groups is 1. The predicted octanol–water partition coefficient (Wildman–Crippen LogP) is 0.153. The second kappa shape index (κ2) is 9.36. The van der Waals surface area contributed by atoms with Crippen molar-refractivity contribution in [3.8, 4) is 0 Å². The Morgan fingerprint density at radius 1 is 1.27 bits per heavy atom. The summed E-state index contributed by atoms with van der Waals surface area (Å²) in [7, 11) is -17.1. The molecular formula is C12H20ClFN3O13P3. The van der Waals surface area contributed by atoms with Crippen molar-refractivity contribution in [1.82, 2.24) is 9.55 Å². The number of alkyl halides is 2. The average molecular weight is 562 g/mol. The van der Waals surface area contributed by atoms with E-state index in [1.807, 2.05) is 0 Å². The molecule has 2 rings (SSSR count). The van der Waals surface area contributed by atoms with Crippen molar-refractivity contribution in [2.75, 3.05) is 12.4 Å². The molecule has 6 atom stereocenters. The van der Waals surface area contributed by atoms with Gasteiger partial charge in [0, 0.05) is 6.20 Å². The summed E-state index contributed by atoms with van der Waals surface area (Å²) in [6, 6.07) is 1.15. The molecule has 1 fully saturated rings. The van der Waals surface area contributed by atoms with E-state index in [4.69, 9.17) is 36.4 Å². The van der Waals surface area contributed by atoms with Gasteiger partial charge in [-0.1, -0.05) is 0 Å². The van der Waals surface area contributed by atoms with Gasteiger partial charge < -0.3 is 35.2 Å². The van der Waals surface area contributed by atoms with Crippen molar-refractivity contribution in [2.24, 2.45) is 0 Å². The van der Waals surface area contributed by atoms with Crippen molar-refractivity contribution < 1.29 is 60.6 Å². The van der Waals surface area contributed by atoms with Crippen LogP contribution in [0.3, 0.4) is 0 Å². The van der Waals surface area contributed by atoms with Gasteiger partial charge in [-0.2, -0.15) is 13.6 Å². The minimum atomic E-state index is -5.83. The number of hydrogen-bond donors (Lipinski definition) is 6. The molecular weight excluding hydrogens is 542 g/mol. The van der Waals surface area contributed by atoms with E-state index >= 15 is 0 Å². The van der Waals surface area contributed by atoms with Gasteiger partial charge in [-0.05, 0) is 19.9 Å². The first-order chi connectivity index (χ1) is 14.7. The summed E-state index contributed by atoms with van der Waals surface area (Å²) in [6.45, 7) is 0.529. The number of aromatic nitrogens is 2. The summed E-state index contributed by atoms with van der Waals surface area (Å²) in [5.74, 6) is -0.181. The largest absolute Gasteiger partial charge is 0.490 e. The van der Waals surface area contributed by atoms with Gasteiger partial charge in [-0.25, -0.2) is 22.9 Å². The Morgan fingerprint density at radius 2 is 1.85 bits per heavy atom. The van der Waals surface area contributed by atoms with Crippen LogP contribution in [-0.2, 0) is 31.6 Å². The van der Waals surface area contributed by atoms with Crippen molar-refractivity contribution in [3.05, 3.63) is 22.7 Å². The third kappa shape index (κ3) is 6.67. The molecule has 0 bridgehead atoms. The van der Waals surface area contributed by atoms with Crippen LogP contribution < -0.4 is 11.4 Å². The van der Waals surface area contributed by atoms with Gasteiger partial charge >= 0.3 is 29.2 Å². The Kier molecular flexibility index (Phi) is 8.07. The first-order valence-corrected chi connectivity index (χ1v) is 13.4. The molecule has 190 valence electrons. The van der Waals surface area contributed by atoms with Crippen molar-refractivity contribution in [2.45, 2.75) is 42.8 Å². The van der Waals surface area contributed by atoms with Crippen LogP contribution in [0.2, 0.25) is 0 Å². The zero-order valence-corrected chi connectivity index (χ0v) is 20.1. The maximum absolute atomic E-state index is 13.9. The summed E-state index contributed by atoms with van der Waals surface area (Å²) in [5, 5.41) is 10.6. The lowest BCUT2D eigenvalue weighted by Crippen LogP contribution is -2.50. The number of phosphoric acid groups is 3. The zero-order chi connectivity index (χ0) is 25.6. The van der Waals surface area contributed by atoms with Crippen LogP contribution in [0, 0.1) is 0 Å². The summed E-state index contributed by atoms with van der Waals surface area (Å²) >= 11 is 6.19. The Morgan fingerprint density at radius 3 is 2.33 bits per heavy atom. The van der Waals surface area contributed by atoms with Gasteiger partial charge in [0.1, 0.15) is 35.2 Å². The molecule has 1 aromatic rings. The van der Waals surface area contributed by atoms with Crippen molar-refractivity contribution >= 4 is 40.9 Å². The van der Waals surface area contributed by atoms with Gasteiger partial charge in [0.05, 0.1) is 0 Å². The number of ether oxygens (including phenoxy) is 1. The average Bonchev–Trinajstić information content (AvgIpc) is 2.83. The smallest absolute Gasteiger partial charge is 0.388 e. The summed E-state index contributed by atoms with van der Waals surface area (Å²) < 4.78 is 66.5. The highest BCUT2D eigenvalue weighted by Gasteiger charge is 2.62. The molecule has 0 saturated carbocycles. The van der Waals surface area contributed by atoms with Crippen LogP contribution in [0.4, 0.5) is 10.2 Å². The number of halogens is 2. The van der Waals surface area contributed by atoms with Gasteiger partial charge in [-0.3, -0.25) is 9.09 Å². The molecule has 0 amide bonds. The summed E-state index contributed by atoms with van der Waals surface area (Å²) in [5.41, 5.74) is 2.19. The molecule has 0 spiro atoms. The molecule has 1 aromatic heterocycles. The van der Waals surface area contributed by atoms with Gasteiger partial charge in [0.2, 0.25) is 0 Å². The number of nitrogens with two attached hydrogens (primary N) is 1. The molecule has 1 saturated heterocycles. The molecule has 1 aliphatic heterocycles. The fourth-order valence-electron chi connectivity index (χ4n) is 2.96. The van der Waals surface area contributed by atoms with E-state index in [9.17, 15) is 37.8 Å². The number of rotatable bonds is 9. The second-order valence-electron chi connectivity index (χ2n) is 7.24. The Labute approximate surface area is 189 Å². The molecule has 3 unspecified atom stereocenters. The molecule has 16 nitrogen and oxygen atoms in total. The highest BCUT2D eigenvalue weighted by Crippen LogP contribution is 2.67. The SMILES string of the molecule is CC(C)(OP(=O)(O)OP(=O)(O)OP(=O)(O)O)[C@H]1O[C@@H](n2ccc(N)nc2=O)[C@@](Cl)(CF)C1O. The first-order valence-electron chi connectivity index (χ1n) is 8.51. The van der Waals surface area contributed by atoms with Crippen LogP contribution in [0.25, 0.3) is 0 Å². The van der Waals surface area contributed by atoms with Crippen LogP contribution >= 0.6 is 35.1 Å². The highest BCUT2D eigenvalue weighted by atomic mass is 35.5. The van der Waals surface area contributed by atoms with Crippen molar-refractivity contribution in [1.29, 1.82) is 0 Å². The van der Waals surface area contributed by atoms with E-state index in [0.29, 0.717) is 4.57 Å². The third-order valence-corrected chi connectivity index (χ3v) is 8.77. The normalized spacial score (nSPS) is 30.0. The monoisotopic (exact) mass is 561 g/mol. The molecule has 1 aliphatic rings. The van der Waals surface area contributed by atoms with E-state index < -0.39 is 64.7 Å². The third-order valence-electron chi connectivity index (χ3n) is 4.23. The molecule has 21 heteroatoms. The van der Waals surface area contributed by atoms with E-state index in [1.165, 1.54) is 0 Å². The number of anilines is 1. The second-order valence-corrected chi connectivity index (χ2v) is 12.3. The quantitative estimate of drug-likeness (QED) is 0.173. The molecule has 2 heterocycles.